The second-order valence-electron chi connectivity index (χ2n) is 3.31. The van der Waals surface area contributed by atoms with Crippen LogP contribution < -0.4 is 0 Å². The highest BCUT2D eigenvalue weighted by Gasteiger charge is 2.32. The van der Waals surface area contributed by atoms with Crippen molar-refractivity contribution >= 4 is 5.91 Å². The van der Waals surface area contributed by atoms with Crippen molar-refractivity contribution < 1.29 is 9.90 Å². The average molecular weight is 157 g/mol. The van der Waals surface area contributed by atoms with E-state index in [4.69, 9.17) is 5.11 Å². The number of hydrogen-bond acceptors (Lipinski definition) is 2. The van der Waals surface area contributed by atoms with Crippen LogP contribution in [0.3, 0.4) is 0 Å². The quantitative estimate of drug-likeness (QED) is 0.623. The van der Waals surface area contributed by atoms with Gasteiger partial charge in [-0.2, -0.15) is 0 Å². The van der Waals surface area contributed by atoms with Crippen LogP contribution in [0.2, 0.25) is 0 Å². The molecule has 64 valence electrons. The van der Waals surface area contributed by atoms with Gasteiger partial charge in [0.2, 0.25) is 5.91 Å². The summed E-state index contributed by atoms with van der Waals surface area (Å²) >= 11 is 0. The highest BCUT2D eigenvalue weighted by atomic mass is 16.3. The molecule has 3 heteroatoms. The minimum Gasteiger partial charge on any atom is -0.394 e. The molecule has 1 aliphatic heterocycles. The van der Waals surface area contributed by atoms with Crippen molar-refractivity contribution in [2.24, 2.45) is 5.92 Å². The Bertz CT molecular complexity index is 154. The molecule has 1 unspecified atom stereocenters. The number of rotatable bonds is 2. The molecule has 0 saturated carbocycles. The maximum Gasteiger partial charge on any atom is 0.225 e. The molecule has 3 nitrogen and oxygen atoms in total. The van der Waals surface area contributed by atoms with E-state index in [2.05, 4.69) is 0 Å². The Hall–Kier alpha value is -0.570. The molecule has 1 saturated heterocycles. The third-order valence-corrected chi connectivity index (χ3v) is 2.13. The summed E-state index contributed by atoms with van der Waals surface area (Å²) in [4.78, 5) is 13.1. The summed E-state index contributed by atoms with van der Waals surface area (Å²) < 4.78 is 0. The van der Waals surface area contributed by atoms with E-state index in [1.807, 2.05) is 13.8 Å². The van der Waals surface area contributed by atoms with Gasteiger partial charge < -0.3 is 10.0 Å². The lowest BCUT2D eigenvalue weighted by Gasteiger charge is -2.40. The molecular formula is C8H15NO2. The molecule has 1 amide bonds. The van der Waals surface area contributed by atoms with E-state index in [0.29, 0.717) is 0 Å². The van der Waals surface area contributed by atoms with Crippen molar-refractivity contribution in [3.05, 3.63) is 0 Å². The number of carbonyl (C=O) groups excluding carboxylic acids is 1. The highest BCUT2D eigenvalue weighted by Crippen LogP contribution is 2.18. The van der Waals surface area contributed by atoms with Crippen molar-refractivity contribution in [3.8, 4) is 0 Å². The van der Waals surface area contributed by atoms with Crippen LogP contribution in [0.25, 0.3) is 0 Å². The van der Waals surface area contributed by atoms with Gasteiger partial charge in [0.05, 0.1) is 12.6 Å². The van der Waals surface area contributed by atoms with Crippen molar-refractivity contribution in [2.45, 2.75) is 26.3 Å². The third-order valence-electron chi connectivity index (χ3n) is 2.13. The molecule has 1 heterocycles. The van der Waals surface area contributed by atoms with Crippen molar-refractivity contribution in [1.29, 1.82) is 0 Å². The van der Waals surface area contributed by atoms with Gasteiger partial charge in [-0.3, -0.25) is 4.79 Å². The van der Waals surface area contributed by atoms with E-state index < -0.39 is 0 Å². The van der Waals surface area contributed by atoms with Crippen LogP contribution in [0.15, 0.2) is 0 Å². The number of aliphatic hydroxyl groups excluding tert-OH is 1. The van der Waals surface area contributed by atoms with Gasteiger partial charge in [-0.25, -0.2) is 0 Å². The average Bonchev–Trinajstić information content (AvgIpc) is 1.86. The predicted octanol–water partition coefficient (Wildman–Crippen LogP) is 0.236. The largest absolute Gasteiger partial charge is 0.394 e. The van der Waals surface area contributed by atoms with Gasteiger partial charge in [0.1, 0.15) is 0 Å². The normalized spacial score (nSPS) is 23.6. The third kappa shape index (κ3) is 1.53. The molecule has 1 N–H and O–H groups in total. The van der Waals surface area contributed by atoms with Gasteiger partial charge in [-0.05, 0) is 6.42 Å². The summed E-state index contributed by atoms with van der Waals surface area (Å²) in [6.45, 7) is 4.70. The first-order chi connectivity index (χ1) is 5.16. The van der Waals surface area contributed by atoms with Crippen LogP contribution in [0.5, 0.6) is 0 Å². The van der Waals surface area contributed by atoms with E-state index in [9.17, 15) is 4.79 Å². The molecule has 0 aromatic heterocycles. The van der Waals surface area contributed by atoms with Crippen LogP contribution in [0, 0.1) is 5.92 Å². The molecule has 11 heavy (non-hydrogen) atoms. The van der Waals surface area contributed by atoms with Crippen LogP contribution in [0.1, 0.15) is 20.3 Å². The molecule has 0 aromatic carbocycles. The molecule has 1 aliphatic rings. The molecule has 0 bridgehead atoms. The van der Waals surface area contributed by atoms with E-state index in [0.717, 1.165) is 13.0 Å². The molecule has 1 fully saturated rings. The molecule has 0 aromatic rings. The molecule has 0 spiro atoms. The molecule has 1 atom stereocenters. The number of nitrogens with zero attached hydrogens (tertiary/aromatic N) is 1. The fourth-order valence-electron chi connectivity index (χ4n) is 1.25. The first-order valence-electron chi connectivity index (χ1n) is 4.08. The minimum atomic E-state index is 0.0596. The summed E-state index contributed by atoms with van der Waals surface area (Å²) in [5, 5.41) is 8.79. The van der Waals surface area contributed by atoms with Crippen LogP contribution in [0.4, 0.5) is 0 Å². The maximum absolute atomic E-state index is 11.3. The van der Waals surface area contributed by atoms with Gasteiger partial charge in [-0.1, -0.05) is 13.8 Å². The van der Waals surface area contributed by atoms with Crippen molar-refractivity contribution in [1.82, 2.24) is 4.90 Å². The molecule has 0 aliphatic carbocycles. The van der Waals surface area contributed by atoms with Gasteiger partial charge in [0, 0.05) is 12.5 Å². The van der Waals surface area contributed by atoms with Crippen LogP contribution >= 0.6 is 0 Å². The molecule has 0 radical (unpaired) electrons. The Morgan fingerprint density at radius 3 is 2.64 bits per heavy atom. The fraction of sp³-hybridized carbons (Fsp3) is 0.875. The summed E-state index contributed by atoms with van der Waals surface area (Å²) in [5.74, 6) is 0.222. The molecule has 1 rings (SSSR count). The van der Waals surface area contributed by atoms with Crippen molar-refractivity contribution in [2.75, 3.05) is 13.2 Å². The summed E-state index contributed by atoms with van der Waals surface area (Å²) in [5.41, 5.74) is 0. The van der Waals surface area contributed by atoms with E-state index in [1.54, 1.807) is 4.90 Å². The summed E-state index contributed by atoms with van der Waals surface area (Å²) in [6, 6.07) is 0.102. The lowest BCUT2D eigenvalue weighted by Crippen LogP contribution is -2.54. The first kappa shape index (κ1) is 8.53. The number of amides is 1. The van der Waals surface area contributed by atoms with Crippen LogP contribution in [-0.2, 0) is 4.79 Å². The summed E-state index contributed by atoms with van der Waals surface area (Å²) in [6.07, 6.45) is 0.953. The van der Waals surface area contributed by atoms with Gasteiger partial charge in [-0.15, -0.1) is 0 Å². The summed E-state index contributed by atoms with van der Waals surface area (Å²) in [7, 11) is 0. The van der Waals surface area contributed by atoms with Gasteiger partial charge in [0.15, 0.2) is 0 Å². The topological polar surface area (TPSA) is 40.5 Å². The SMILES string of the molecule is CC(C)C(=O)N1CCC1CO. The van der Waals surface area contributed by atoms with Gasteiger partial charge >= 0.3 is 0 Å². The smallest absolute Gasteiger partial charge is 0.225 e. The lowest BCUT2D eigenvalue weighted by atomic mass is 10.0. The fourth-order valence-corrected chi connectivity index (χ4v) is 1.25. The lowest BCUT2D eigenvalue weighted by molar-refractivity contribution is -0.143. The van der Waals surface area contributed by atoms with E-state index in [-0.39, 0.29) is 24.5 Å². The first-order valence-corrected chi connectivity index (χ1v) is 4.08. The predicted molar refractivity (Wildman–Crippen MR) is 42.0 cm³/mol. The number of aliphatic hydroxyl groups is 1. The van der Waals surface area contributed by atoms with Crippen LogP contribution in [-0.4, -0.2) is 35.1 Å². The Morgan fingerprint density at radius 2 is 2.36 bits per heavy atom. The molecular weight excluding hydrogens is 142 g/mol. The Morgan fingerprint density at radius 1 is 1.73 bits per heavy atom. The number of likely N-dealkylation sites (tertiary alicyclic amines) is 1. The Balaban J connectivity index is 2.42. The Labute approximate surface area is 67.0 Å². The minimum absolute atomic E-state index is 0.0596. The second kappa shape index (κ2) is 3.22. The zero-order valence-corrected chi connectivity index (χ0v) is 7.08. The van der Waals surface area contributed by atoms with Crippen molar-refractivity contribution in [3.63, 3.8) is 0 Å². The van der Waals surface area contributed by atoms with E-state index >= 15 is 0 Å². The standard InChI is InChI=1S/C8H15NO2/c1-6(2)8(11)9-4-3-7(9)5-10/h6-7,10H,3-5H2,1-2H3. The highest BCUT2D eigenvalue weighted by molar-refractivity contribution is 5.79. The van der Waals surface area contributed by atoms with E-state index in [1.165, 1.54) is 0 Å². The second-order valence-corrected chi connectivity index (χ2v) is 3.31. The Kier molecular flexibility index (Phi) is 2.49. The number of hydrogen-bond donors (Lipinski definition) is 1. The maximum atomic E-state index is 11.3. The zero-order chi connectivity index (χ0) is 8.43. The monoisotopic (exact) mass is 157 g/mol. The zero-order valence-electron chi connectivity index (χ0n) is 7.08. The van der Waals surface area contributed by atoms with Gasteiger partial charge in [0.25, 0.3) is 0 Å². The number of carbonyl (C=O) groups is 1.